The van der Waals surface area contributed by atoms with Crippen LogP contribution in [-0.4, -0.2) is 37.7 Å². The molecule has 0 atom stereocenters. The molecule has 106 valence electrons. The summed E-state index contributed by atoms with van der Waals surface area (Å²) in [5.41, 5.74) is 0.574. The minimum absolute atomic E-state index is 0.242. The highest BCUT2D eigenvalue weighted by Crippen LogP contribution is 2.20. The van der Waals surface area contributed by atoms with E-state index in [1.54, 1.807) is 12.1 Å². The molecule has 0 radical (unpaired) electrons. The molecule has 0 aliphatic heterocycles. The molecule has 3 rings (SSSR count). The Morgan fingerprint density at radius 1 is 1.29 bits per heavy atom. The highest BCUT2D eigenvalue weighted by atomic mass is 16.5. The Bertz CT molecular complexity index is 773. The Morgan fingerprint density at radius 2 is 2.14 bits per heavy atom. The van der Waals surface area contributed by atoms with E-state index in [9.17, 15) is 4.79 Å². The second kappa shape index (κ2) is 5.53. The lowest BCUT2D eigenvalue weighted by molar-refractivity contribution is 0.0684. The zero-order chi connectivity index (χ0) is 14.7. The number of carbonyl (C=O) groups is 1. The molecule has 0 fully saturated rings. The third-order valence-electron chi connectivity index (χ3n) is 2.83. The van der Waals surface area contributed by atoms with Gasteiger partial charge in [-0.3, -0.25) is 0 Å². The van der Waals surface area contributed by atoms with Crippen LogP contribution in [0.15, 0.2) is 35.1 Å². The van der Waals surface area contributed by atoms with Gasteiger partial charge in [-0.1, -0.05) is 17.3 Å². The van der Waals surface area contributed by atoms with Gasteiger partial charge >= 0.3 is 5.97 Å². The number of benzene rings is 1. The number of nitrogens with zero attached hydrogens (tertiary/aromatic N) is 4. The Kier molecular flexibility index (Phi) is 3.42. The van der Waals surface area contributed by atoms with Crippen LogP contribution in [0.25, 0.3) is 10.9 Å². The quantitative estimate of drug-likeness (QED) is 0.722. The van der Waals surface area contributed by atoms with Gasteiger partial charge in [-0.2, -0.15) is 4.98 Å². The number of para-hydroxylation sites is 1. The maximum absolute atomic E-state index is 11.1. The van der Waals surface area contributed by atoms with Crippen molar-refractivity contribution in [1.29, 1.82) is 0 Å². The maximum Gasteiger partial charge on any atom is 0.374 e. The van der Waals surface area contributed by atoms with E-state index >= 15 is 0 Å². The summed E-state index contributed by atoms with van der Waals surface area (Å²) in [5, 5.41) is 16.4. The van der Waals surface area contributed by atoms with Crippen LogP contribution in [-0.2, 0) is 6.42 Å². The molecule has 2 aromatic heterocycles. The van der Waals surface area contributed by atoms with Crippen LogP contribution in [0.1, 0.15) is 16.5 Å². The van der Waals surface area contributed by atoms with Crippen molar-refractivity contribution in [3.8, 4) is 0 Å². The summed E-state index contributed by atoms with van der Waals surface area (Å²) >= 11 is 0. The van der Waals surface area contributed by atoms with Crippen molar-refractivity contribution in [3.63, 3.8) is 0 Å². The van der Waals surface area contributed by atoms with E-state index in [0.29, 0.717) is 30.2 Å². The molecular formula is C13H11N5O3. The Labute approximate surface area is 118 Å². The van der Waals surface area contributed by atoms with Gasteiger partial charge in [-0.25, -0.2) is 14.8 Å². The van der Waals surface area contributed by atoms with Crippen LogP contribution in [0.4, 0.5) is 5.82 Å². The summed E-state index contributed by atoms with van der Waals surface area (Å²) < 4.78 is 4.89. The zero-order valence-corrected chi connectivity index (χ0v) is 10.9. The number of carboxylic acid groups (broad SMARTS) is 1. The van der Waals surface area contributed by atoms with Crippen molar-refractivity contribution in [1.82, 2.24) is 20.1 Å². The minimum Gasteiger partial charge on any atom is -0.475 e. The summed E-state index contributed by atoms with van der Waals surface area (Å²) in [6.45, 7) is 0.488. The highest BCUT2D eigenvalue weighted by molar-refractivity contribution is 5.93. The normalized spacial score (nSPS) is 10.7. The standard InChI is InChI=1S/C13H11N5O3/c19-13(20)12-17-9-4-2-1-3-8(9)11(18-12)14-6-5-10-15-7-16-21-10/h1-4,7H,5-6H2,(H,19,20)(H,14,17,18). The summed E-state index contributed by atoms with van der Waals surface area (Å²) in [6.07, 6.45) is 1.85. The van der Waals surface area contributed by atoms with Gasteiger partial charge in [-0.15, -0.1) is 0 Å². The predicted molar refractivity (Wildman–Crippen MR) is 73.0 cm³/mol. The number of aromatic carboxylic acids is 1. The average Bonchev–Trinajstić information content (AvgIpc) is 3.00. The molecule has 8 nitrogen and oxygen atoms in total. The fraction of sp³-hybridized carbons (Fsp3) is 0.154. The van der Waals surface area contributed by atoms with E-state index < -0.39 is 5.97 Å². The molecule has 3 aromatic rings. The van der Waals surface area contributed by atoms with Crippen LogP contribution < -0.4 is 5.32 Å². The smallest absolute Gasteiger partial charge is 0.374 e. The van der Waals surface area contributed by atoms with Crippen molar-refractivity contribution in [2.24, 2.45) is 0 Å². The van der Waals surface area contributed by atoms with E-state index in [0.717, 1.165) is 5.39 Å². The molecule has 21 heavy (non-hydrogen) atoms. The molecule has 0 saturated heterocycles. The Hall–Kier alpha value is -3.03. The van der Waals surface area contributed by atoms with Crippen molar-refractivity contribution in [3.05, 3.63) is 42.3 Å². The lowest BCUT2D eigenvalue weighted by atomic mass is 10.2. The first-order valence-electron chi connectivity index (χ1n) is 6.23. The van der Waals surface area contributed by atoms with E-state index in [2.05, 4.69) is 25.4 Å². The summed E-state index contributed by atoms with van der Waals surface area (Å²) in [6, 6.07) is 7.21. The predicted octanol–water partition coefficient (Wildman–Crippen LogP) is 1.37. The Balaban J connectivity index is 1.87. The molecule has 8 heteroatoms. The maximum atomic E-state index is 11.1. The van der Waals surface area contributed by atoms with Crippen molar-refractivity contribution in [2.45, 2.75) is 6.42 Å². The fourth-order valence-corrected chi connectivity index (χ4v) is 1.90. The largest absolute Gasteiger partial charge is 0.475 e. The van der Waals surface area contributed by atoms with Crippen molar-refractivity contribution in [2.75, 3.05) is 11.9 Å². The summed E-state index contributed by atoms with van der Waals surface area (Å²) in [5.74, 6) is -0.438. The van der Waals surface area contributed by atoms with E-state index in [4.69, 9.17) is 9.63 Å². The van der Waals surface area contributed by atoms with Gasteiger partial charge in [0.05, 0.1) is 5.52 Å². The first-order chi connectivity index (χ1) is 10.2. The number of carboxylic acids is 1. The van der Waals surface area contributed by atoms with Gasteiger partial charge in [0.2, 0.25) is 11.7 Å². The molecular weight excluding hydrogens is 274 g/mol. The molecule has 1 aromatic carbocycles. The molecule has 0 saturated carbocycles. The van der Waals surface area contributed by atoms with E-state index in [-0.39, 0.29) is 5.82 Å². The number of aromatic nitrogens is 4. The number of hydrogen-bond acceptors (Lipinski definition) is 7. The van der Waals surface area contributed by atoms with Crippen LogP contribution >= 0.6 is 0 Å². The van der Waals surface area contributed by atoms with Gasteiger partial charge < -0.3 is 14.9 Å². The van der Waals surface area contributed by atoms with Crippen molar-refractivity contribution < 1.29 is 14.4 Å². The first-order valence-corrected chi connectivity index (χ1v) is 6.23. The second-order valence-electron chi connectivity index (χ2n) is 4.23. The monoisotopic (exact) mass is 285 g/mol. The van der Waals surface area contributed by atoms with Gasteiger partial charge in [-0.05, 0) is 12.1 Å². The number of rotatable bonds is 5. The van der Waals surface area contributed by atoms with Crippen LogP contribution in [0.5, 0.6) is 0 Å². The molecule has 0 amide bonds. The second-order valence-corrected chi connectivity index (χ2v) is 4.23. The highest BCUT2D eigenvalue weighted by Gasteiger charge is 2.12. The third kappa shape index (κ3) is 2.78. The minimum atomic E-state index is -1.17. The SMILES string of the molecule is O=C(O)c1nc(NCCc2ncno2)c2ccccc2n1. The Morgan fingerprint density at radius 3 is 2.90 bits per heavy atom. The van der Waals surface area contributed by atoms with Gasteiger partial charge in [0, 0.05) is 18.4 Å². The zero-order valence-electron chi connectivity index (χ0n) is 10.9. The van der Waals surface area contributed by atoms with Crippen LogP contribution in [0.2, 0.25) is 0 Å². The molecule has 0 spiro atoms. The topological polar surface area (TPSA) is 114 Å². The third-order valence-corrected chi connectivity index (χ3v) is 2.83. The average molecular weight is 285 g/mol. The summed E-state index contributed by atoms with van der Waals surface area (Å²) in [4.78, 5) is 23.0. The van der Waals surface area contributed by atoms with Crippen LogP contribution in [0.3, 0.4) is 0 Å². The van der Waals surface area contributed by atoms with Gasteiger partial charge in [0.15, 0.2) is 6.33 Å². The lowest BCUT2D eigenvalue weighted by Gasteiger charge is -2.08. The summed E-state index contributed by atoms with van der Waals surface area (Å²) in [7, 11) is 0. The number of nitrogens with one attached hydrogen (secondary N) is 1. The fourth-order valence-electron chi connectivity index (χ4n) is 1.90. The number of anilines is 1. The molecule has 2 heterocycles. The van der Waals surface area contributed by atoms with Gasteiger partial charge in [0.1, 0.15) is 5.82 Å². The lowest BCUT2D eigenvalue weighted by Crippen LogP contribution is -2.11. The van der Waals surface area contributed by atoms with Crippen LogP contribution in [0, 0.1) is 0 Å². The van der Waals surface area contributed by atoms with E-state index in [1.807, 2.05) is 12.1 Å². The first kappa shape index (κ1) is 13.0. The molecule has 0 bridgehead atoms. The molecule has 0 aliphatic carbocycles. The number of fused-ring (bicyclic) bond motifs is 1. The number of hydrogen-bond donors (Lipinski definition) is 2. The molecule has 0 aliphatic rings. The van der Waals surface area contributed by atoms with Crippen molar-refractivity contribution >= 4 is 22.7 Å². The molecule has 0 unspecified atom stereocenters. The van der Waals surface area contributed by atoms with Gasteiger partial charge in [0.25, 0.3) is 0 Å². The molecule has 2 N–H and O–H groups in total. The van der Waals surface area contributed by atoms with E-state index in [1.165, 1.54) is 6.33 Å².